The number of carbonyl (C=O) groups excluding carboxylic acids is 2. The van der Waals surface area contributed by atoms with E-state index in [9.17, 15) is 14.0 Å². The second kappa shape index (κ2) is 9.02. The van der Waals surface area contributed by atoms with Crippen molar-refractivity contribution in [1.29, 1.82) is 0 Å². The summed E-state index contributed by atoms with van der Waals surface area (Å²) >= 11 is 6.18. The van der Waals surface area contributed by atoms with E-state index >= 15 is 0 Å². The second-order valence-corrected chi connectivity index (χ2v) is 7.11. The van der Waals surface area contributed by atoms with Gasteiger partial charge >= 0.3 is 5.97 Å². The molecule has 0 saturated heterocycles. The van der Waals surface area contributed by atoms with Gasteiger partial charge in [0.25, 0.3) is 0 Å². The maximum atomic E-state index is 14.4. The van der Waals surface area contributed by atoms with E-state index in [-0.39, 0.29) is 35.1 Å². The molecule has 1 heterocycles. The van der Waals surface area contributed by atoms with Gasteiger partial charge in [-0.25, -0.2) is 9.18 Å². The van der Waals surface area contributed by atoms with Crippen molar-refractivity contribution < 1.29 is 18.7 Å². The van der Waals surface area contributed by atoms with E-state index < -0.39 is 17.7 Å². The largest absolute Gasteiger partial charge is 0.462 e. The number of allylic oxidation sites excluding steroid dienone is 1. The van der Waals surface area contributed by atoms with Crippen molar-refractivity contribution >= 4 is 23.5 Å². The van der Waals surface area contributed by atoms with Crippen molar-refractivity contribution in [2.45, 2.75) is 32.1 Å². The van der Waals surface area contributed by atoms with Crippen molar-refractivity contribution in [1.82, 2.24) is 5.32 Å². The molecule has 1 amide bonds. The van der Waals surface area contributed by atoms with Crippen LogP contribution in [0.15, 0.2) is 59.8 Å². The van der Waals surface area contributed by atoms with E-state index in [1.807, 2.05) is 30.3 Å². The van der Waals surface area contributed by atoms with Gasteiger partial charge in [0.05, 0.1) is 12.2 Å². The van der Waals surface area contributed by atoms with Crippen LogP contribution in [0, 0.1) is 5.82 Å². The number of halogens is 2. The van der Waals surface area contributed by atoms with E-state index in [1.165, 1.54) is 12.1 Å². The van der Waals surface area contributed by atoms with Gasteiger partial charge in [-0.1, -0.05) is 48.0 Å². The van der Waals surface area contributed by atoms with Crippen LogP contribution in [0.5, 0.6) is 0 Å². The minimum absolute atomic E-state index is 0.0631. The highest BCUT2D eigenvalue weighted by molar-refractivity contribution is 6.31. The van der Waals surface area contributed by atoms with Gasteiger partial charge in [0.1, 0.15) is 5.82 Å². The van der Waals surface area contributed by atoms with Crippen LogP contribution in [0.3, 0.4) is 0 Å². The van der Waals surface area contributed by atoms with Crippen LogP contribution >= 0.6 is 11.6 Å². The lowest BCUT2D eigenvalue weighted by Gasteiger charge is -2.27. The van der Waals surface area contributed by atoms with Crippen LogP contribution < -0.4 is 5.32 Å². The summed E-state index contributed by atoms with van der Waals surface area (Å²) in [5.41, 5.74) is 1.92. The summed E-state index contributed by atoms with van der Waals surface area (Å²) in [5, 5.41) is 2.82. The standard InChI is InChI=1S/C22H21ClFNO3/c1-14-20(22(27)28-12-6-9-15-7-3-2-4-8-15)16(13-19(26)25-14)21-17(23)10-5-11-18(21)24/h2-5,7-8,10-11,16H,6,9,12-13H2,1H3,(H,25,26)/t16-/m1/s1. The Kier molecular flexibility index (Phi) is 6.47. The number of esters is 1. The maximum absolute atomic E-state index is 14.4. The zero-order valence-corrected chi connectivity index (χ0v) is 16.3. The number of ether oxygens (including phenoxy) is 1. The fourth-order valence-electron chi connectivity index (χ4n) is 3.43. The summed E-state index contributed by atoms with van der Waals surface area (Å²) in [6.45, 7) is 1.84. The predicted octanol–water partition coefficient (Wildman–Crippen LogP) is 4.53. The van der Waals surface area contributed by atoms with Crippen molar-refractivity contribution in [3.8, 4) is 0 Å². The number of nitrogens with one attached hydrogen (secondary N) is 1. The third-order valence-electron chi connectivity index (χ3n) is 4.72. The molecule has 0 unspecified atom stereocenters. The lowest BCUT2D eigenvalue weighted by Crippen LogP contribution is -2.34. The number of rotatable bonds is 6. The first-order valence-electron chi connectivity index (χ1n) is 9.13. The highest BCUT2D eigenvalue weighted by atomic mass is 35.5. The number of hydrogen-bond acceptors (Lipinski definition) is 3. The molecule has 28 heavy (non-hydrogen) atoms. The maximum Gasteiger partial charge on any atom is 0.336 e. The minimum Gasteiger partial charge on any atom is -0.462 e. The highest BCUT2D eigenvalue weighted by Gasteiger charge is 2.35. The third kappa shape index (κ3) is 4.60. The average molecular weight is 402 g/mol. The number of carbonyl (C=O) groups is 2. The summed E-state index contributed by atoms with van der Waals surface area (Å²) < 4.78 is 19.9. The fraction of sp³-hybridized carbons (Fsp3) is 0.273. The molecule has 146 valence electrons. The molecule has 4 nitrogen and oxygen atoms in total. The van der Waals surface area contributed by atoms with Crippen molar-refractivity contribution in [3.05, 3.63) is 81.8 Å². The normalized spacial score (nSPS) is 16.7. The van der Waals surface area contributed by atoms with Gasteiger partial charge < -0.3 is 10.1 Å². The lowest BCUT2D eigenvalue weighted by atomic mass is 9.84. The summed E-state index contributed by atoms with van der Waals surface area (Å²) in [5.74, 6) is -2.17. The SMILES string of the molecule is CC1=C(C(=O)OCCCc2ccccc2)[C@H](c2c(F)cccc2Cl)CC(=O)N1. The Hall–Kier alpha value is -2.66. The summed E-state index contributed by atoms with van der Waals surface area (Å²) in [6.07, 6.45) is 1.39. The molecule has 1 N–H and O–H groups in total. The Morgan fingerprint density at radius 1 is 1.21 bits per heavy atom. The average Bonchev–Trinajstić information content (AvgIpc) is 2.65. The van der Waals surface area contributed by atoms with Gasteiger partial charge in [0, 0.05) is 28.6 Å². The molecule has 0 spiro atoms. The first kappa shape index (κ1) is 20.1. The molecule has 1 aliphatic heterocycles. The van der Waals surface area contributed by atoms with Gasteiger partial charge in [0.15, 0.2) is 0 Å². The molecule has 0 saturated carbocycles. The quantitative estimate of drug-likeness (QED) is 0.571. The Bertz CT molecular complexity index is 891. The van der Waals surface area contributed by atoms with Gasteiger partial charge in [-0.3, -0.25) is 4.79 Å². The molecule has 0 radical (unpaired) electrons. The molecule has 0 bridgehead atoms. The monoisotopic (exact) mass is 401 g/mol. The topological polar surface area (TPSA) is 55.4 Å². The van der Waals surface area contributed by atoms with Crippen molar-refractivity contribution in [2.24, 2.45) is 0 Å². The van der Waals surface area contributed by atoms with Crippen molar-refractivity contribution in [2.75, 3.05) is 6.61 Å². The van der Waals surface area contributed by atoms with Crippen LogP contribution in [-0.2, 0) is 20.7 Å². The van der Waals surface area contributed by atoms with Crippen LogP contribution in [0.2, 0.25) is 5.02 Å². The molecule has 2 aromatic carbocycles. The van der Waals surface area contributed by atoms with Crippen LogP contribution in [0.25, 0.3) is 0 Å². The summed E-state index contributed by atoms with van der Waals surface area (Å²) in [6, 6.07) is 14.2. The zero-order chi connectivity index (χ0) is 20.1. The molecule has 0 aromatic heterocycles. The van der Waals surface area contributed by atoms with Crippen molar-refractivity contribution in [3.63, 3.8) is 0 Å². The number of hydrogen-bond donors (Lipinski definition) is 1. The summed E-state index contributed by atoms with van der Waals surface area (Å²) in [4.78, 5) is 24.7. The molecule has 0 fully saturated rings. The van der Waals surface area contributed by atoms with Crippen LogP contribution in [0.1, 0.15) is 36.8 Å². The second-order valence-electron chi connectivity index (χ2n) is 6.70. The summed E-state index contributed by atoms with van der Waals surface area (Å²) in [7, 11) is 0. The molecule has 1 aliphatic rings. The van der Waals surface area contributed by atoms with Crippen LogP contribution in [0.4, 0.5) is 4.39 Å². The van der Waals surface area contributed by atoms with Crippen LogP contribution in [-0.4, -0.2) is 18.5 Å². The van der Waals surface area contributed by atoms with E-state index in [1.54, 1.807) is 13.0 Å². The molecule has 1 atom stereocenters. The Labute approximate surface area is 168 Å². The molecule has 0 aliphatic carbocycles. The first-order valence-corrected chi connectivity index (χ1v) is 9.50. The smallest absolute Gasteiger partial charge is 0.336 e. The zero-order valence-electron chi connectivity index (χ0n) is 15.5. The molecule has 6 heteroatoms. The predicted molar refractivity (Wildman–Crippen MR) is 105 cm³/mol. The van der Waals surface area contributed by atoms with Gasteiger partial charge in [-0.2, -0.15) is 0 Å². The molecular formula is C22H21ClFNO3. The molecule has 2 aromatic rings. The lowest BCUT2D eigenvalue weighted by molar-refractivity contribution is -0.139. The minimum atomic E-state index is -0.774. The van der Waals surface area contributed by atoms with Gasteiger partial charge in [-0.05, 0) is 37.5 Å². The van der Waals surface area contributed by atoms with E-state index in [4.69, 9.17) is 16.3 Å². The first-order chi connectivity index (χ1) is 13.5. The van der Waals surface area contributed by atoms with Gasteiger partial charge in [-0.15, -0.1) is 0 Å². The highest BCUT2D eigenvalue weighted by Crippen LogP contribution is 2.38. The molecule has 3 rings (SSSR count). The van der Waals surface area contributed by atoms with E-state index in [0.717, 1.165) is 12.0 Å². The number of aryl methyl sites for hydroxylation is 1. The third-order valence-corrected chi connectivity index (χ3v) is 5.05. The Balaban J connectivity index is 1.74. The molecular weight excluding hydrogens is 381 g/mol. The van der Waals surface area contributed by atoms with Gasteiger partial charge in [0.2, 0.25) is 5.91 Å². The Morgan fingerprint density at radius 3 is 2.68 bits per heavy atom. The Morgan fingerprint density at radius 2 is 1.96 bits per heavy atom. The van der Waals surface area contributed by atoms with E-state index in [2.05, 4.69) is 5.32 Å². The fourth-order valence-corrected chi connectivity index (χ4v) is 3.72. The number of benzene rings is 2. The number of amides is 1. The van der Waals surface area contributed by atoms with E-state index in [0.29, 0.717) is 12.1 Å².